The van der Waals surface area contributed by atoms with Crippen molar-refractivity contribution in [2.75, 3.05) is 18.8 Å². The number of aromatic nitrogens is 2. The van der Waals surface area contributed by atoms with Crippen molar-refractivity contribution >= 4 is 15.7 Å². The Bertz CT molecular complexity index is 489. The average molecular weight is 257 g/mol. The number of rotatable bonds is 4. The minimum atomic E-state index is -3.01. The van der Waals surface area contributed by atoms with E-state index in [0.29, 0.717) is 13.1 Å². The van der Waals surface area contributed by atoms with Crippen LogP contribution in [0.5, 0.6) is 0 Å². The third-order valence-corrected chi connectivity index (χ3v) is 5.09. The van der Waals surface area contributed by atoms with Gasteiger partial charge in [0.2, 0.25) is 5.91 Å². The van der Waals surface area contributed by atoms with Gasteiger partial charge in [0.25, 0.3) is 0 Å². The zero-order valence-electron chi connectivity index (χ0n) is 9.61. The van der Waals surface area contributed by atoms with Gasteiger partial charge in [0.05, 0.1) is 5.25 Å². The molecule has 0 atom stereocenters. The van der Waals surface area contributed by atoms with E-state index in [-0.39, 0.29) is 23.5 Å². The summed E-state index contributed by atoms with van der Waals surface area (Å²) in [7, 11) is -3.01. The zero-order valence-corrected chi connectivity index (χ0v) is 10.4. The molecule has 17 heavy (non-hydrogen) atoms. The van der Waals surface area contributed by atoms with E-state index in [1.807, 2.05) is 0 Å². The second kappa shape index (κ2) is 4.48. The van der Waals surface area contributed by atoms with Gasteiger partial charge in [-0.3, -0.25) is 9.48 Å². The molecular weight excluding hydrogens is 242 g/mol. The fourth-order valence-corrected chi connectivity index (χ4v) is 3.02. The number of amides is 1. The van der Waals surface area contributed by atoms with Crippen LogP contribution in [0.3, 0.4) is 0 Å². The second-order valence-corrected chi connectivity index (χ2v) is 6.65. The van der Waals surface area contributed by atoms with Gasteiger partial charge in [-0.25, -0.2) is 8.42 Å². The maximum absolute atomic E-state index is 11.7. The van der Waals surface area contributed by atoms with Gasteiger partial charge in [0, 0.05) is 31.2 Å². The van der Waals surface area contributed by atoms with Crippen molar-refractivity contribution in [3.63, 3.8) is 0 Å². The summed E-state index contributed by atoms with van der Waals surface area (Å²) in [6.45, 7) is 2.43. The Hall–Kier alpha value is -1.37. The lowest BCUT2D eigenvalue weighted by atomic mass is 10.2. The van der Waals surface area contributed by atoms with Crippen LogP contribution in [0.1, 0.15) is 6.92 Å². The lowest BCUT2D eigenvalue weighted by molar-refractivity contribution is -0.135. The first-order valence-electron chi connectivity index (χ1n) is 5.49. The molecule has 0 spiro atoms. The second-order valence-electron chi connectivity index (χ2n) is 4.08. The number of carbonyl (C=O) groups excluding carboxylic acids is 1. The maximum Gasteiger partial charge on any atom is 0.244 e. The fourth-order valence-electron chi connectivity index (χ4n) is 1.74. The standard InChI is InChI=1S/C10H15N3O3S/c1-2-17(15,16)9-6-12(7-9)10(14)8-13-5-3-4-11-13/h3-5,9H,2,6-8H2,1H3. The van der Waals surface area contributed by atoms with Gasteiger partial charge in [0.1, 0.15) is 6.54 Å². The van der Waals surface area contributed by atoms with E-state index in [2.05, 4.69) is 5.10 Å². The smallest absolute Gasteiger partial charge is 0.244 e. The van der Waals surface area contributed by atoms with Crippen molar-refractivity contribution in [3.05, 3.63) is 18.5 Å². The van der Waals surface area contributed by atoms with Crippen LogP contribution in [0.25, 0.3) is 0 Å². The number of carbonyl (C=O) groups is 1. The molecule has 6 nitrogen and oxygen atoms in total. The normalized spacial score (nSPS) is 16.9. The number of hydrogen-bond acceptors (Lipinski definition) is 4. The van der Waals surface area contributed by atoms with Crippen molar-refractivity contribution in [1.29, 1.82) is 0 Å². The van der Waals surface area contributed by atoms with Gasteiger partial charge in [-0.1, -0.05) is 6.92 Å². The summed E-state index contributed by atoms with van der Waals surface area (Å²) in [6, 6.07) is 1.74. The summed E-state index contributed by atoms with van der Waals surface area (Å²) in [5.74, 6) is 0.0509. The van der Waals surface area contributed by atoms with E-state index in [4.69, 9.17) is 0 Å². The molecule has 0 bridgehead atoms. The average Bonchev–Trinajstić information content (AvgIpc) is 2.67. The van der Waals surface area contributed by atoms with Crippen molar-refractivity contribution in [1.82, 2.24) is 14.7 Å². The van der Waals surface area contributed by atoms with Gasteiger partial charge in [-0.15, -0.1) is 0 Å². The summed E-state index contributed by atoms with van der Waals surface area (Å²) in [6.07, 6.45) is 3.31. The Kier molecular flexibility index (Phi) is 3.19. The minimum Gasteiger partial charge on any atom is -0.338 e. The first kappa shape index (κ1) is 12.1. The van der Waals surface area contributed by atoms with Crippen LogP contribution in [0.15, 0.2) is 18.5 Å². The highest BCUT2D eigenvalue weighted by Crippen LogP contribution is 2.17. The van der Waals surface area contributed by atoms with Crippen LogP contribution in [0, 0.1) is 0 Å². The zero-order chi connectivity index (χ0) is 12.5. The SMILES string of the molecule is CCS(=O)(=O)C1CN(C(=O)Cn2cccn2)C1. The molecular formula is C10H15N3O3S. The minimum absolute atomic E-state index is 0.0868. The Morgan fingerprint density at radius 3 is 2.71 bits per heavy atom. The molecule has 1 fully saturated rings. The number of sulfone groups is 1. The van der Waals surface area contributed by atoms with Crippen LogP contribution in [-0.2, 0) is 21.2 Å². The predicted octanol–water partition coefficient (Wildman–Crippen LogP) is -0.471. The van der Waals surface area contributed by atoms with Crippen molar-refractivity contribution in [3.8, 4) is 0 Å². The third kappa shape index (κ3) is 2.49. The summed E-state index contributed by atoms with van der Waals surface area (Å²) >= 11 is 0. The molecule has 0 aliphatic carbocycles. The number of hydrogen-bond donors (Lipinski definition) is 0. The predicted molar refractivity (Wildman–Crippen MR) is 62.1 cm³/mol. The highest BCUT2D eigenvalue weighted by Gasteiger charge is 2.38. The Morgan fingerprint density at radius 1 is 1.47 bits per heavy atom. The van der Waals surface area contributed by atoms with Crippen LogP contribution >= 0.6 is 0 Å². The third-order valence-electron chi connectivity index (χ3n) is 2.97. The Labute approximate surface area is 100 Å². The first-order chi connectivity index (χ1) is 8.03. The fraction of sp³-hybridized carbons (Fsp3) is 0.600. The van der Waals surface area contributed by atoms with Crippen LogP contribution < -0.4 is 0 Å². The van der Waals surface area contributed by atoms with Crippen molar-refractivity contribution in [2.45, 2.75) is 18.7 Å². The molecule has 0 saturated carbocycles. The van der Waals surface area contributed by atoms with E-state index in [9.17, 15) is 13.2 Å². The van der Waals surface area contributed by atoms with E-state index >= 15 is 0 Å². The molecule has 94 valence electrons. The van der Waals surface area contributed by atoms with Crippen LogP contribution in [0.4, 0.5) is 0 Å². The molecule has 1 aromatic rings. The number of nitrogens with zero attached hydrogens (tertiary/aromatic N) is 3. The molecule has 2 rings (SSSR count). The van der Waals surface area contributed by atoms with Gasteiger partial charge in [-0.05, 0) is 6.07 Å². The molecule has 7 heteroatoms. The first-order valence-corrected chi connectivity index (χ1v) is 7.21. The molecule has 1 aliphatic heterocycles. The molecule has 1 aromatic heterocycles. The summed E-state index contributed by atoms with van der Waals surface area (Å²) < 4.78 is 24.6. The summed E-state index contributed by atoms with van der Waals surface area (Å²) in [5, 5.41) is 3.55. The highest BCUT2D eigenvalue weighted by atomic mass is 32.2. The molecule has 1 amide bonds. The molecule has 2 heterocycles. The van der Waals surface area contributed by atoms with E-state index in [1.165, 1.54) is 4.68 Å². The Morgan fingerprint density at radius 2 is 2.18 bits per heavy atom. The van der Waals surface area contributed by atoms with Crippen LogP contribution in [-0.4, -0.2) is 53.1 Å². The molecule has 0 N–H and O–H groups in total. The molecule has 0 unspecified atom stereocenters. The molecule has 0 radical (unpaired) electrons. The van der Waals surface area contributed by atoms with Gasteiger partial charge >= 0.3 is 0 Å². The van der Waals surface area contributed by atoms with E-state index in [1.54, 1.807) is 30.3 Å². The van der Waals surface area contributed by atoms with Gasteiger partial charge in [0.15, 0.2) is 9.84 Å². The summed E-state index contributed by atoms with van der Waals surface area (Å²) in [5.41, 5.74) is 0. The lowest BCUT2D eigenvalue weighted by Gasteiger charge is -2.38. The van der Waals surface area contributed by atoms with Crippen molar-refractivity contribution in [2.24, 2.45) is 0 Å². The van der Waals surface area contributed by atoms with E-state index in [0.717, 1.165) is 0 Å². The van der Waals surface area contributed by atoms with Gasteiger partial charge in [-0.2, -0.15) is 5.10 Å². The topological polar surface area (TPSA) is 72.3 Å². The highest BCUT2D eigenvalue weighted by molar-refractivity contribution is 7.92. The molecule has 1 aliphatic rings. The molecule has 1 saturated heterocycles. The van der Waals surface area contributed by atoms with Crippen molar-refractivity contribution < 1.29 is 13.2 Å². The number of likely N-dealkylation sites (tertiary alicyclic amines) is 1. The van der Waals surface area contributed by atoms with Crippen LogP contribution in [0.2, 0.25) is 0 Å². The van der Waals surface area contributed by atoms with E-state index < -0.39 is 9.84 Å². The Balaban J connectivity index is 1.86. The van der Waals surface area contributed by atoms with Gasteiger partial charge < -0.3 is 4.90 Å². The quantitative estimate of drug-likeness (QED) is 0.731. The summed E-state index contributed by atoms with van der Waals surface area (Å²) in [4.78, 5) is 13.3. The lowest BCUT2D eigenvalue weighted by Crippen LogP contribution is -2.57. The monoisotopic (exact) mass is 257 g/mol. The largest absolute Gasteiger partial charge is 0.338 e. The maximum atomic E-state index is 11.7. The molecule has 0 aromatic carbocycles.